The molecule has 0 heterocycles. The summed E-state index contributed by atoms with van der Waals surface area (Å²) in [5.41, 5.74) is 1.29. The molecule has 0 bridgehead atoms. The molecule has 2 rings (SSSR count). The molecule has 5 heteroatoms. The Morgan fingerprint density at radius 1 is 1.10 bits per heavy atom. The number of carbonyl (C=O) groups is 1. The smallest absolute Gasteiger partial charge is 0.248 e. The third-order valence-corrected chi connectivity index (χ3v) is 3.38. The molecule has 2 aromatic rings. The lowest BCUT2D eigenvalue weighted by molar-refractivity contribution is -0.111. The SMILES string of the molecule is COc1ccc(/C=C/C(=O)Nc2c(Cl)cccc2Cl)cc1. The Morgan fingerprint density at radius 2 is 1.71 bits per heavy atom. The van der Waals surface area contributed by atoms with E-state index in [9.17, 15) is 4.79 Å². The lowest BCUT2D eigenvalue weighted by atomic mass is 10.2. The van der Waals surface area contributed by atoms with Gasteiger partial charge in [0.15, 0.2) is 0 Å². The van der Waals surface area contributed by atoms with Gasteiger partial charge in [0.2, 0.25) is 5.91 Å². The normalized spacial score (nSPS) is 10.6. The Labute approximate surface area is 133 Å². The zero-order chi connectivity index (χ0) is 15.2. The van der Waals surface area contributed by atoms with Crippen LogP contribution >= 0.6 is 23.2 Å². The molecule has 0 aliphatic carbocycles. The number of nitrogens with one attached hydrogen (secondary N) is 1. The summed E-state index contributed by atoms with van der Waals surface area (Å²) in [7, 11) is 1.60. The highest BCUT2D eigenvalue weighted by Gasteiger charge is 2.07. The average Bonchev–Trinajstić information content (AvgIpc) is 2.49. The molecule has 21 heavy (non-hydrogen) atoms. The molecule has 0 aromatic heterocycles. The van der Waals surface area contributed by atoms with Crippen molar-refractivity contribution in [1.82, 2.24) is 0 Å². The largest absolute Gasteiger partial charge is 0.497 e. The minimum atomic E-state index is -0.305. The van der Waals surface area contributed by atoms with Crippen molar-refractivity contribution in [3.63, 3.8) is 0 Å². The Morgan fingerprint density at radius 3 is 2.29 bits per heavy atom. The summed E-state index contributed by atoms with van der Waals surface area (Å²) in [5.74, 6) is 0.459. The fourth-order valence-corrected chi connectivity index (χ4v) is 2.16. The van der Waals surface area contributed by atoms with E-state index in [1.165, 1.54) is 6.08 Å². The number of halogens is 2. The van der Waals surface area contributed by atoms with Gasteiger partial charge >= 0.3 is 0 Å². The molecule has 1 amide bonds. The highest BCUT2D eigenvalue weighted by atomic mass is 35.5. The van der Waals surface area contributed by atoms with Gasteiger partial charge < -0.3 is 10.1 Å². The van der Waals surface area contributed by atoms with Gasteiger partial charge in [-0.25, -0.2) is 0 Å². The second kappa shape index (κ2) is 7.16. The topological polar surface area (TPSA) is 38.3 Å². The number of methoxy groups -OCH3 is 1. The molecule has 3 nitrogen and oxygen atoms in total. The molecular weight excluding hydrogens is 309 g/mol. The van der Waals surface area contributed by atoms with E-state index in [-0.39, 0.29) is 5.91 Å². The second-order valence-corrected chi connectivity index (χ2v) is 5.01. The van der Waals surface area contributed by atoms with Crippen molar-refractivity contribution in [2.75, 3.05) is 12.4 Å². The maximum absolute atomic E-state index is 11.9. The Hall–Kier alpha value is -1.97. The number of hydrogen-bond donors (Lipinski definition) is 1. The van der Waals surface area contributed by atoms with Crippen LogP contribution in [0.5, 0.6) is 5.75 Å². The summed E-state index contributed by atoms with van der Waals surface area (Å²) < 4.78 is 5.07. The van der Waals surface area contributed by atoms with Crippen molar-refractivity contribution in [3.05, 3.63) is 64.1 Å². The van der Waals surface area contributed by atoms with Crippen LogP contribution in [-0.2, 0) is 4.79 Å². The first-order valence-electron chi connectivity index (χ1n) is 6.17. The Kier molecular flexibility index (Phi) is 5.26. The number of hydrogen-bond acceptors (Lipinski definition) is 2. The van der Waals surface area contributed by atoms with Crippen LogP contribution in [0.4, 0.5) is 5.69 Å². The van der Waals surface area contributed by atoms with Crippen LogP contribution in [0.1, 0.15) is 5.56 Å². The van der Waals surface area contributed by atoms with Gasteiger partial charge in [0.05, 0.1) is 22.8 Å². The quantitative estimate of drug-likeness (QED) is 0.832. The first kappa shape index (κ1) is 15.4. The molecule has 1 N–H and O–H groups in total. The molecule has 0 saturated heterocycles. The Balaban J connectivity index is 2.05. The zero-order valence-corrected chi connectivity index (χ0v) is 12.8. The number of para-hydroxylation sites is 1. The molecule has 0 saturated carbocycles. The lowest BCUT2D eigenvalue weighted by Crippen LogP contribution is -2.08. The van der Waals surface area contributed by atoms with Gasteiger partial charge in [0.25, 0.3) is 0 Å². The predicted octanol–water partition coefficient (Wildman–Crippen LogP) is 4.65. The maximum atomic E-state index is 11.9. The summed E-state index contributed by atoms with van der Waals surface area (Å²) in [6.07, 6.45) is 3.11. The van der Waals surface area contributed by atoms with E-state index in [1.54, 1.807) is 31.4 Å². The van der Waals surface area contributed by atoms with E-state index in [0.717, 1.165) is 11.3 Å². The standard InChI is InChI=1S/C16H13Cl2NO2/c1-21-12-8-5-11(6-9-12)7-10-15(20)19-16-13(17)3-2-4-14(16)18/h2-10H,1H3,(H,19,20)/b10-7+. The summed E-state index contributed by atoms with van der Waals surface area (Å²) in [6.45, 7) is 0. The van der Waals surface area contributed by atoms with Crippen LogP contribution < -0.4 is 10.1 Å². The molecule has 2 aromatic carbocycles. The molecule has 0 aliphatic rings. The van der Waals surface area contributed by atoms with Gasteiger partial charge in [-0.3, -0.25) is 4.79 Å². The molecule has 0 atom stereocenters. The molecular formula is C16H13Cl2NO2. The number of rotatable bonds is 4. The van der Waals surface area contributed by atoms with Gasteiger partial charge in [-0.15, -0.1) is 0 Å². The van der Waals surface area contributed by atoms with E-state index in [1.807, 2.05) is 24.3 Å². The number of ether oxygens (including phenoxy) is 1. The van der Waals surface area contributed by atoms with Crippen LogP contribution in [0.3, 0.4) is 0 Å². The molecule has 0 spiro atoms. The van der Waals surface area contributed by atoms with E-state index >= 15 is 0 Å². The van der Waals surface area contributed by atoms with Crippen LogP contribution in [0.25, 0.3) is 6.08 Å². The minimum absolute atomic E-state index is 0.305. The second-order valence-electron chi connectivity index (χ2n) is 4.19. The Bertz CT molecular complexity index is 646. The number of benzene rings is 2. The van der Waals surface area contributed by atoms with Crippen LogP contribution in [0.15, 0.2) is 48.5 Å². The molecule has 0 aliphatic heterocycles. The number of carbonyl (C=O) groups excluding carboxylic acids is 1. The molecule has 0 fully saturated rings. The van der Waals surface area contributed by atoms with Gasteiger partial charge in [0, 0.05) is 6.08 Å². The highest BCUT2D eigenvalue weighted by molar-refractivity contribution is 6.39. The summed E-state index contributed by atoms with van der Waals surface area (Å²) in [5, 5.41) is 3.45. The highest BCUT2D eigenvalue weighted by Crippen LogP contribution is 2.29. The fourth-order valence-electron chi connectivity index (χ4n) is 1.67. The van der Waals surface area contributed by atoms with Crippen molar-refractivity contribution >= 4 is 40.9 Å². The van der Waals surface area contributed by atoms with Crippen LogP contribution in [0.2, 0.25) is 10.0 Å². The van der Waals surface area contributed by atoms with E-state index in [2.05, 4.69) is 5.32 Å². The predicted molar refractivity (Wildman–Crippen MR) is 87.1 cm³/mol. The molecule has 108 valence electrons. The summed E-state index contributed by atoms with van der Waals surface area (Å²) in [6, 6.07) is 12.4. The first-order chi connectivity index (χ1) is 10.1. The van der Waals surface area contributed by atoms with Gasteiger partial charge in [-0.1, -0.05) is 41.4 Å². The maximum Gasteiger partial charge on any atom is 0.248 e. The van der Waals surface area contributed by atoms with Gasteiger partial charge in [-0.05, 0) is 35.9 Å². The van der Waals surface area contributed by atoms with Gasteiger partial charge in [-0.2, -0.15) is 0 Å². The number of amides is 1. The fraction of sp³-hybridized carbons (Fsp3) is 0.0625. The van der Waals surface area contributed by atoms with E-state index in [0.29, 0.717) is 15.7 Å². The summed E-state index contributed by atoms with van der Waals surface area (Å²) >= 11 is 12.0. The van der Waals surface area contributed by atoms with Crippen molar-refractivity contribution in [1.29, 1.82) is 0 Å². The summed E-state index contributed by atoms with van der Waals surface area (Å²) in [4.78, 5) is 11.9. The van der Waals surface area contributed by atoms with Crippen molar-refractivity contribution in [2.45, 2.75) is 0 Å². The third-order valence-electron chi connectivity index (χ3n) is 2.75. The van der Waals surface area contributed by atoms with Crippen LogP contribution in [0, 0.1) is 0 Å². The monoisotopic (exact) mass is 321 g/mol. The van der Waals surface area contributed by atoms with Crippen LogP contribution in [-0.4, -0.2) is 13.0 Å². The average molecular weight is 322 g/mol. The molecule has 0 unspecified atom stereocenters. The van der Waals surface area contributed by atoms with Crippen molar-refractivity contribution < 1.29 is 9.53 Å². The van der Waals surface area contributed by atoms with E-state index in [4.69, 9.17) is 27.9 Å². The lowest BCUT2D eigenvalue weighted by Gasteiger charge is -2.06. The minimum Gasteiger partial charge on any atom is -0.497 e. The first-order valence-corrected chi connectivity index (χ1v) is 6.93. The van der Waals surface area contributed by atoms with Crippen molar-refractivity contribution in [2.24, 2.45) is 0 Å². The van der Waals surface area contributed by atoms with E-state index < -0.39 is 0 Å². The van der Waals surface area contributed by atoms with Gasteiger partial charge in [0.1, 0.15) is 5.75 Å². The van der Waals surface area contributed by atoms with Crippen molar-refractivity contribution in [3.8, 4) is 5.75 Å². The zero-order valence-electron chi connectivity index (χ0n) is 11.3. The third kappa shape index (κ3) is 4.25. The molecule has 0 radical (unpaired) electrons. The number of anilines is 1.